The number of carbonyl (C=O) groups is 2. The molecule has 1 aliphatic heterocycles. The molecule has 0 spiro atoms. The largest absolute Gasteiger partial charge is 0.507 e. The molecule has 0 fully saturated rings. The Balaban J connectivity index is 1.99. The van der Waals surface area contributed by atoms with Gasteiger partial charge in [-0.25, -0.2) is 0 Å². The fraction of sp³-hybridized carbons (Fsp3) is 0.227. The molecule has 0 saturated heterocycles. The van der Waals surface area contributed by atoms with Crippen molar-refractivity contribution in [3.8, 4) is 17.2 Å². The molecule has 0 amide bonds. The molecule has 1 unspecified atom stereocenters. The number of aryl methyl sites for hydroxylation is 1. The molecule has 0 saturated carbocycles. The minimum absolute atomic E-state index is 0.112. The minimum Gasteiger partial charge on any atom is -0.507 e. The lowest BCUT2D eigenvalue weighted by molar-refractivity contribution is -0.135. The van der Waals surface area contributed by atoms with E-state index in [1.165, 1.54) is 23.6 Å². The van der Waals surface area contributed by atoms with Crippen LogP contribution >= 0.6 is 0 Å². The Morgan fingerprint density at radius 2 is 1.97 bits per heavy atom. The van der Waals surface area contributed by atoms with Crippen LogP contribution in [-0.4, -0.2) is 28.5 Å². The SMILES string of the molecule is COc1ccc2cc(C3CC(=O)Oc4ccc(C(C)=O)c(O)c43)c(=O)n(C)c2c1. The summed E-state index contributed by atoms with van der Waals surface area (Å²) in [6.45, 7) is 1.34. The maximum Gasteiger partial charge on any atom is 0.312 e. The number of Topliss-reactive ketones (excluding diaryl/α,β-unsaturated/α-hetero) is 1. The van der Waals surface area contributed by atoms with E-state index in [4.69, 9.17) is 9.47 Å². The minimum atomic E-state index is -0.726. The fourth-order valence-corrected chi connectivity index (χ4v) is 3.84. The first kappa shape index (κ1) is 18.7. The Hall–Kier alpha value is -3.61. The molecule has 2 heterocycles. The number of nitrogens with zero attached hydrogens (tertiary/aromatic N) is 1. The standard InChI is InChI=1S/C22H19NO6/c1-11(24)14-6-7-18-20(21(14)26)15(10-19(25)29-18)16-8-12-4-5-13(28-3)9-17(12)23(2)22(16)27/h4-9,15,26H,10H2,1-3H3. The van der Waals surface area contributed by atoms with E-state index in [1.54, 1.807) is 32.4 Å². The first-order chi connectivity index (χ1) is 13.8. The van der Waals surface area contributed by atoms with E-state index in [-0.39, 0.29) is 40.4 Å². The van der Waals surface area contributed by atoms with Gasteiger partial charge in [0.2, 0.25) is 0 Å². The highest BCUT2D eigenvalue weighted by Gasteiger charge is 2.34. The lowest BCUT2D eigenvalue weighted by atomic mass is 9.84. The van der Waals surface area contributed by atoms with Crippen LogP contribution < -0.4 is 15.0 Å². The first-order valence-corrected chi connectivity index (χ1v) is 9.07. The van der Waals surface area contributed by atoms with Crippen molar-refractivity contribution in [2.24, 2.45) is 7.05 Å². The van der Waals surface area contributed by atoms with Gasteiger partial charge < -0.3 is 19.1 Å². The van der Waals surface area contributed by atoms with Crippen molar-refractivity contribution in [3.63, 3.8) is 0 Å². The number of phenols is 1. The van der Waals surface area contributed by atoms with Crippen LogP contribution in [0.3, 0.4) is 0 Å². The lowest BCUT2D eigenvalue weighted by Crippen LogP contribution is -2.29. The van der Waals surface area contributed by atoms with Crippen LogP contribution in [0.25, 0.3) is 10.9 Å². The molecule has 1 aliphatic rings. The van der Waals surface area contributed by atoms with Crippen molar-refractivity contribution in [2.45, 2.75) is 19.3 Å². The second-order valence-corrected chi connectivity index (χ2v) is 7.05. The van der Waals surface area contributed by atoms with E-state index in [1.807, 2.05) is 6.07 Å². The average molecular weight is 393 g/mol. The molecule has 3 aromatic rings. The maximum absolute atomic E-state index is 13.1. The summed E-state index contributed by atoms with van der Waals surface area (Å²) in [7, 11) is 3.19. The van der Waals surface area contributed by atoms with Crippen molar-refractivity contribution < 1.29 is 24.2 Å². The van der Waals surface area contributed by atoms with Crippen molar-refractivity contribution in [1.82, 2.24) is 4.57 Å². The van der Waals surface area contributed by atoms with Crippen LogP contribution in [0.4, 0.5) is 0 Å². The number of aromatic hydroxyl groups is 1. The van der Waals surface area contributed by atoms with E-state index in [0.29, 0.717) is 16.8 Å². The van der Waals surface area contributed by atoms with E-state index in [9.17, 15) is 19.5 Å². The number of hydrogen-bond donors (Lipinski definition) is 1. The highest BCUT2D eigenvalue weighted by Crippen LogP contribution is 2.44. The second-order valence-electron chi connectivity index (χ2n) is 7.05. The Bertz CT molecular complexity index is 1240. The number of esters is 1. The number of hydrogen-bond acceptors (Lipinski definition) is 6. The van der Waals surface area contributed by atoms with E-state index < -0.39 is 11.9 Å². The summed E-state index contributed by atoms with van der Waals surface area (Å²) < 4.78 is 12.0. The van der Waals surface area contributed by atoms with Crippen LogP contribution in [0.15, 0.2) is 41.2 Å². The van der Waals surface area contributed by atoms with Crippen molar-refractivity contribution >= 4 is 22.7 Å². The Labute approximate surface area is 166 Å². The lowest BCUT2D eigenvalue weighted by Gasteiger charge is -2.26. The normalized spacial score (nSPS) is 15.7. The zero-order valence-corrected chi connectivity index (χ0v) is 16.2. The molecule has 7 nitrogen and oxygen atoms in total. The highest BCUT2D eigenvalue weighted by molar-refractivity contribution is 5.98. The topological polar surface area (TPSA) is 94.8 Å². The average Bonchev–Trinajstić information content (AvgIpc) is 2.69. The molecule has 1 aromatic heterocycles. The molecule has 148 valence electrons. The molecule has 0 radical (unpaired) electrons. The molecule has 7 heteroatoms. The van der Waals surface area contributed by atoms with Crippen LogP contribution in [0.1, 0.15) is 40.7 Å². The van der Waals surface area contributed by atoms with Gasteiger partial charge in [0.25, 0.3) is 5.56 Å². The van der Waals surface area contributed by atoms with Crippen LogP contribution in [0.5, 0.6) is 17.2 Å². The zero-order chi connectivity index (χ0) is 20.9. The number of carbonyl (C=O) groups excluding carboxylic acids is 2. The van der Waals surface area contributed by atoms with Crippen LogP contribution in [-0.2, 0) is 11.8 Å². The number of ketones is 1. The predicted molar refractivity (Wildman–Crippen MR) is 106 cm³/mol. The van der Waals surface area contributed by atoms with Gasteiger partial charge in [0, 0.05) is 30.2 Å². The number of methoxy groups -OCH3 is 1. The number of benzene rings is 2. The summed E-state index contributed by atoms with van der Waals surface area (Å²) in [5.41, 5.74) is 1.12. The summed E-state index contributed by atoms with van der Waals surface area (Å²) in [6, 6.07) is 9.97. The third-order valence-electron chi connectivity index (χ3n) is 5.34. The van der Waals surface area contributed by atoms with Gasteiger partial charge in [0.1, 0.15) is 17.2 Å². The van der Waals surface area contributed by atoms with Gasteiger partial charge in [-0.2, -0.15) is 0 Å². The number of aromatic nitrogens is 1. The molecule has 29 heavy (non-hydrogen) atoms. The zero-order valence-electron chi connectivity index (χ0n) is 16.2. The number of phenolic OH excluding ortho intramolecular Hbond substituents is 1. The van der Waals surface area contributed by atoms with Crippen molar-refractivity contribution in [2.75, 3.05) is 7.11 Å². The van der Waals surface area contributed by atoms with Crippen LogP contribution in [0, 0.1) is 0 Å². The fourth-order valence-electron chi connectivity index (χ4n) is 3.84. The highest BCUT2D eigenvalue weighted by atomic mass is 16.5. The number of rotatable bonds is 3. The van der Waals surface area contributed by atoms with Crippen molar-refractivity contribution in [3.05, 3.63) is 63.4 Å². The smallest absolute Gasteiger partial charge is 0.312 e. The monoisotopic (exact) mass is 393 g/mol. The van der Waals surface area contributed by atoms with Gasteiger partial charge in [-0.1, -0.05) is 0 Å². The summed E-state index contributed by atoms with van der Waals surface area (Å²) in [4.78, 5) is 37.2. The Kier molecular flexibility index (Phi) is 4.38. The summed E-state index contributed by atoms with van der Waals surface area (Å²) in [5, 5.41) is 11.5. The third kappa shape index (κ3) is 2.95. The van der Waals surface area contributed by atoms with Crippen LogP contribution in [0.2, 0.25) is 0 Å². The quantitative estimate of drug-likeness (QED) is 0.418. The molecule has 1 atom stereocenters. The van der Waals surface area contributed by atoms with Gasteiger partial charge in [0.05, 0.1) is 24.6 Å². The van der Waals surface area contributed by atoms with Gasteiger partial charge >= 0.3 is 5.97 Å². The number of pyridine rings is 1. The number of ether oxygens (including phenoxy) is 2. The van der Waals surface area contributed by atoms with Gasteiger partial charge in [-0.05, 0) is 42.6 Å². The molecule has 0 bridgehead atoms. The first-order valence-electron chi connectivity index (χ1n) is 9.07. The van der Waals surface area contributed by atoms with E-state index in [2.05, 4.69) is 0 Å². The summed E-state index contributed by atoms with van der Waals surface area (Å²) in [5.74, 6) is -1.03. The summed E-state index contributed by atoms with van der Waals surface area (Å²) >= 11 is 0. The molecule has 1 N–H and O–H groups in total. The predicted octanol–water partition coefficient (Wildman–Crippen LogP) is 2.90. The molecular weight excluding hydrogens is 374 g/mol. The van der Waals surface area contributed by atoms with Crippen molar-refractivity contribution in [1.29, 1.82) is 0 Å². The van der Waals surface area contributed by atoms with E-state index in [0.717, 1.165) is 5.39 Å². The molecule has 4 rings (SSSR count). The Morgan fingerprint density at radius 1 is 1.21 bits per heavy atom. The van der Waals surface area contributed by atoms with Gasteiger partial charge in [0.15, 0.2) is 5.78 Å². The molecule has 0 aliphatic carbocycles. The summed E-state index contributed by atoms with van der Waals surface area (Å²) in [6.07, 6.45) is -0.112. The Morgan fingerprint density at radius 3 is 2.66 bits per heavy atom. The third-order valence-corrected chi connectivity index (χ3v) is 5.34. The maximum atomic E-state index is 13.1. The second kappa shape index (κ2) is 6.77. The van der Waals surface area contributed by atoms with Gasteiger partial charge in [-0.15, -0.1) is 0 Å². The molecular formula is C22H19NO6. The van der Waals surface area contributed by atoms with E-state index >= 15 is 0 Å². The number of fused-ring (bicyclic) bond motifs is 2. The molecule has 2 aromatic carbocycles. The van der Waals surface area contributed by atoms with Gasteiger partial charge in [-0.3, -0.25) is 14.4 Å².